The van der Waals surface area contributed by atoms with Gasteiger partial charge in [-0.2, -0.15) is 0 Å². The number of nitrogens with one attached hydrogen (secondary N) is 4. The van der Waals surface area contributed by atoms with E-state index >= 15 is 0 Å². The molecule has 9 N–H and O–H groups in total. The Balaban J connectivity index is 2.20. The van der Waals surface area contributed by atoms with E-state index in [-0.39, 0.29) is 12.8 Å². The predicted octanol–water partition coefficient (Wildman–Crippen LogP) is -2.43. The zero-order valence-electron chi connectivity index (χ0n) is 18.2. The fourth-order valence-corrected chi connectivity index (χ4v) is 3.03. The van der Waals surface area contributed by atoms with Crippen molar-refractivity contribution in [2.45, 2.75) is 37.4 Å². The number of hydrogen-bond donors (Lipinski definition) is 7. The smallest absolute Gasteiger partial charge is 0.322 e. The number of carbonyl (C=O) groups is 5. The van der Waals surface area contributed by atoms with E-state index in [1.165, 1.54) is 12.5 Å². The van der Waals surface area contributed by atoms with Gasteiger partial charge in [-0.25, -0.2) is 4.98 Å². The van der Waals surface area contributed by atoms with E-state index in [0.29, 0.717) is 11.3 Å². The Morgan fingerprint density at radius 1 is 0.971 bits per heavy atom. The van der Waals surface area contributed by atoms with Gasteiger partial charge in [0.05, 0.1) is 18.8 Å². The number of aromatic nitrogens is 2. The van der Waals surface area contributed by atoms with Crippen LogP contribution in [0.5, 0.6) is 0 Å². The topological polar surface area (TPSA) is 222 Å². The van der Waals surface area contributed by atoms with Gasteiger partial charge in [0.15, 0.2) is 0 Å². The number of hydrogen-bond acceptors (Lipinski definition) is 7. The van der Waals surface area contributed by atoms with E-state index in [9.17, 15) is 24.0 Å². The first-order valence-electron chi connectivity index (χ1n) is 10.3. The summed E-state index contributed by atoms with van der Waals surface area (Å²) in [6.07, 6.45) is 2.49. The second-order valence-corrected chi connectivity index (χ2v) is 7.48. The molecule has 1 aromatic carbocycles. The lowest BCUT2D eigenvalue weighted by atomic mass is 10.0. The number of carboxylic acids is 1. The molecule has 182 valence electrons. The number of H-pyrrole nitrogens is 1. The maximum absolute atomic E-state index is 13.1. The number of rotatable bonds is 13. The number of amides is 4. The average molecular weight is 473 g/mol. The summed E-state index contributed by atoms with van der Waals surface area (Å²) in [5, 5.41) is 16.1. The highest BCUT2D eigenvalue weighted by Crippen LogP contribution is 2.06. The predicted molar refractivity (Wildman–Crippen MR) is 119 cm³/mol. The SMILES string of the molecule is NC(=O)CC(N)C(=O)NC(Cc1ccccc1)C(=O)NC(Cc1cnc[nH]1)C(=O)NCC(=O)O. The summed E-state index contributed by atoms with van der Waals surface area (Å²) < 4.78 is 0. The van der Waals surface area contributed by atoms with Crippen LogP contribution >= 0.6 is 0 Å². The monoisotopic (exact) mass is 473 g/mol. The number of imidazole rings is 1. The maximum Gasteiger partial charge on any atom is 0.322 e. The molecule has 4 amide bonds. The molecule has 0 spiro atoms. The summed E-state index contributed by atoms with van der Waals surface area (Å²) in [5.41, 5.74) is 12.0. The third-order valence-electron chi connectivity index (χ3n) is 4.70. The van der Waals surface area contributed by atoms with Gasteiger partial charge in [0.2, 0.25) is 23.6 Å². The van der Waals surface area contributed by atoms with Gasteiger partial charge in [-0.15, -0.1) is 0 Å². The van der Waals surface area contributed by atoms with Crippen molar-refractivity contribution in [1.82, 2.24) is 25.9 Å². The number of benzene rings is 1. The molecule has 3 unspecified atom stereocenters. The third kappa shape index (κ3) is 8.70. The number of aliphatic carboxylic acids is 1. The Kier molecular flexibility index (Phi) is 9.71. The Labute approximate surface area is 194 Å². The molecule has 13 heteroatoms. The van der Waals surface area contributed by atoms with Gasteiger partial charge in [0, 0.05) is 24.7 Å². The van der Waals surface area contributed by atoms with Gasteiger partial charge >= 0.3 is 5.97 Å². The maximum atomic E-state index is 13.1. The van der Waals surface area contributed by atoms with Crippen molar-refractivity contribution in [2.24, 2.45) is 11.5 Å². The lowest BCUT2D eigenvalue weighted by Gasteiger charge is -2.24. The molecule has 2 aromatic rings. The number of nitrogens with zero attached hydrogens (tertiary/aromatic N) is 1. The fourth-order valence-electron chi connectivity index (χ4n) is 3.03. The van der Waals surface area contributed by atoms with E-state index in [1.807, 2.05) is 0 Å². The molecule has 0 saturated carbocycles. The second-order valence-electron chi connectivity index (χ2n) is 7.48. The normalized spacial score (nSPS) is 13.2. The molecule has 0 aliphatic rings. The molecule has 0 bridgehead atoms. The molecule has 1 aromatic heterocycles. The second kappa shape index (κ2) is 12.7. The van der Waals surface area contributed by atoms with Crippen molar-refractivity contribution in [1.29, 1.82) is 0 Å². The summed E-state index contributed by atoms with van der Waals surface area (Å²) in [6.45, 7) is -0.639. The first kappa shape index (κ1) is 26.0. The Morgan fingerprint density at radius 3 is 2.21 bits per heavy atom. The highest BCUT2D eigenvalue weighted by Gasteiger charge is 2.29. The van der Waals surface area contributed by atoms with Crippen LogP contribution in [-0.2, 0) is 36.8 Å². The number of carbonyl (C=O) groups excluding carboxylic acids is 4. The van der Waals surface area contributed by atoms with E-state index in [2.05, 4.69) is 25.9 Å². The van der Waals surface area contributed by atoms with Crippen molar-refractivity contribution in [3.63, 3.8) is 0 Å². The molecule has 0 fully saturated rings. The van der Waals surface area contributed by atoms with Crippen molar-refractivity contribution in [3.8, 4) is 0 Å². The molecule has 0 saturated heterocycles. The summed E-state index contributed by atoms with van der Waals surface area (Å²) in [5.74, 6) is -4.24. The van der Waals surface area contributed by atoms with Crippen LogP contribution in [0.1, 0.15) is 17.7 Å². The molecule has 0 aliphatic carbocycles. The minimum atomic E-state index is -1.26. The van der Waals surface area contributed by atoms with E-state index in [1.54, 1.807) is 30.3 Å². The lowest BCUT2D eigenvalue weighted by Crippen LogP contribution is -2.57. The Hall–Kier alpha value is -4.26. The standard InChI is InChI=1S/C21H27N7O6/c22-14(8-17(23)29)19(32)27-15(6-12-4-2-1-3-5-12)21(34)28-16(7-13-9-24-11-26-13)20(33)25-10-18(30)31/h1-5,9,11,14-16H,6-8,10,22H2,(H2,23,29)(H,24,26)(H,25,33)(H,27,32)(H,28,34)(H,30,31). The first-order chi connectivity index (χ1) is 16.2. The summed E-state index contributed by atoms with van der Waals surface area (Å²) in [7, 11) is 0. The zero-order chi connectivity index (χ0) is 25.1. The van der Waals surface area contributed by atoms with Crippen molar-refractivity contribution < 1.29 is 29.1 Å². The molecule has 2 rings (SSSR count). The van der Waals surface area contributed by atoms with Crippen LogP contribution in [0.25, 0.3) is 0 Å². The number of nitrogens with two attached hydrogens (primary N) is 2. The summed E-state index contributed by atoms with van der Waals surface area (Å²) in [6, 6.07) is 5.22. The van der Waals surface area contributed by atoms with Crippen LogP contribution in [-0.4, -0.2) is 69.3 Å². The molecule has 0 radical (unpaired) electrons. The molecule has 1 heterocycles. The number of carboxylic acid groups (broad SMARTS) is 1. The quantitative estimate of drug-likeness (QED) is 0.165. The van der Waals surface area contributed by atoms with Gasteiger partial charge in [0.1, 0.15) is 18.6 Å². The van der Waals surface area contributed by atoms with Gasteiger partial charge in [-0.1, -0.05) is 30.3 Å². The van der Waals surface area contributed by atoms with E-state index in [4.69, 9.17) is 16.6 Å². The Morgan fingerprint density at radius 2 is 1.62 bits per heavy atom. The summed E-state index contributed by atoms with van der Waals surface area (Å²) >= 11 is 0. The number of primary amides is 1. The van der Waals surface area contributed by atoms with Gasteiger partial charge < -0.3 is 37.5 Å². The molecule has 3 atom stereocenters. The van der Waals surface area contributed by atoms with Crippen LogP contribution < -0.4 is 27.4 Å². The first-order valence-corrected chi connectivity index (χ1v) is 10.3. The van der Waals surface area contributed by atoms with Crippen LogP contribution in [0.4, 0.5) is 0 Å². The molecule has 13 nitrogen and oxygen atoms in total. The van der Waals surface area contributed by atoms with E-state index < -0.39 is 60.7 Å². The van der Waals surface area contributed by atoms with Gasteiger partial charge in [-0.05, 0) is 5.56 Å². The minimum Gasteiger partial charge on any atom is -0.480 e. The van der Waals surface area contributed by atoms with Gasteiger partial charge in [0.25, 0.3) is 0 Å². The minimum absolute atomic E-state index is 0.00954. The van der Waals surface area contributed by atoms with Crippen LogP contribution in [0.3, 0.4) is 0 Å². The molecular weight excluding hydrogens is 446 g/mol. The van der Waals surface area contributed by atoms with Crippen LogP contribution in [0, 0.1) is 0 Å². The summed E-state index contributed by atoms with van der Waals surface area (Å²) in [4.78, 5) is 66.7. The highest BCUT2D eigenvalue weighted by molar-refractivity contribution is 5.94. The highest BCUT2D eigenvalue weighted by atomic mass is 16.4. The average Bonchev–Trinajstić information content (AvgIpc) is 3.29. The molecular formula is C21H27N7O6. The van der Waals surface area contributed by atoms with Crippen molar-refractivity contribution >= 4 is 29.6 Å². The zero-order valence-corrected chi connectivity index (χ0v) is 18.2. The molecule has 0 aliphatic heterocycles. The largest absolute Gasteiger partial charge is 0.480 e. The van der Waals surface area contributed by atoms with Gasteiger partial charge in [-0.3, -0.25) is 24.0 Å². The lowest BCUT2D eigenvalue weighted by molar-refractivity contribution is -0.138. The van der Waals surface area contributed by atoms with Crippen LogP contribution in [0.15, 0.2) is 42.9 Å². The van der Waals surface area contributed by atoms with Crippen LogP contribution in [0.2, 0.25) is 0 Å². The van der Waals surface area contributed by atoms with E-state index in [0.717, 1.165) is 0 Å². The fraction of sp³-hybridized carbons (Fsp3) is 0.333. The molecule has 34 heavy (non-hydrogen) atoms. The van der Waals surface area contributed by atoms with Crippen molar-refractivity contribution in [3.05, 3.63) is 54.1 Å². The Bertz CT molecular complexity index is 996. The third-order valence-corrected chi connectivity index (χ3v) is 4.70. The number of aromatic amines is 1. The van der Waals surface area contributed by atoms with Crippen molar-refractivity contribution in [2.75, 3.05) is 6.54 Å².